The summed E-state index contributed by atoms with van der Waals surface area (Å²) < 4.78 is 4.92. The lowest BCUT2D eigenvalue weighted by atomic mass is 9.92. The molecule has 0 radical (unpaired) electrons. The van der Waals surface area contributed by atoms with Gasteiger partial charge in [-0.15, -0.1) is 0 Å². The Labute approximate surface area is 486 Å². The van der Waals surface area contributed by atoms with E-state index in [1.54, 1.807) is 0 Å². The Hall–Kier alpha value is -10.4. The first-order valence-electron chi connectivity index (χ1n) is 28.9. The van der Waals surface area contributed by atoms with E-state index < -0.39 is 0 Å². The molecule has 14 rings (SSSR count). The molecule has 0 fully saturated rings. The van der Waals surface area contributed by atoms with Crippen molar-refractivity contribution in [3.05, 3.63) is 319 Å². The largest absolute Gasteiger partial charge is 0.314 e. The van der Waals surface area contributed by atoms with E-state index in [9.17, 15) is 0 Å². The monoisotopic (exact) mass is 1070 g/mol. The highest BCUT2D eigenvalue weighted by Gasteiger charge is 2.27. The van der Waals surface area contributed by atoms with E-state index in [2.05, 4.69) is 312 Å². The van der Waals surface area contributed by atoms with E-state index in [-0.39, 0.29) is 0 Å². The Morgan fingerprint density at radius 3 is 1.75 bits per heavy atom. The highest BCUT2D eigenvalue weighted by Crippen LogP contribution is 2.47. The highest BCUT2D eigenvalue weighted by atomic mass is 15.2. The third kappa shape index (κ3) is 9.15. The van der Waals surface area contributed by atoms with Crippen LogP contribution in [-0.2, 0) is 6.42 Å². The van der Waals surface area contributed by atoms with Gasteiger partial charge in [0.1, 0.15) is 0 Å². The molecular formula is C79H62N4. The fourth-order valence-corrected chi connectivity index (χ4v) is 12.8. The first kappa shape index (κ1) is 50.8. The van der Waals surface area contributed by atoms with Gasteiger partial charge in [-0.3, -0.25) is 0 Å². The van der Waals surface area contributed by atoms with E-state index in [1.165, 1.54) is 82.9 Å². The molecule has 0 spiro atoms. The summed E-state index contributed by atoms with van der Waals surface area (Å²) in [7, 11) is 0. The SMILES string of the molecule is C=C/C(=C\C=C/C)c1ccc(N(c2ccccc2)c2cc(-c3ccc4c(c3)c3cc5c(C)c(-c6ccccc6C)ccc5cc3n4-c3ccccc3)cc(N(C3=Cc4c(n(-c5ccccc5)c5ccccc45)CC3)c3ccccc3)c2)cc1. The van der Waals surface area contributed by atoms with Crippen molar-refractivity contribution in [2.24, 2.45) is 0 Å². The molecule has 0 saturated carbocycles. The number of aromatic nitrogens is 2. The van der Waals surface area contributed by atoms with Gasteiger partial charge in [0.2, 0.25) is 0 Å². The maximum absolute atomic E-state index is 4.18. The number of para-hydroxylation sites is 5. The molecule has 398 valence electrons. The summed E-state index contributed by atoms with van der Waals surface area (Å²) in [5, 5.41) is 6.16. The van der Waals surface area contributed by atoms with Crippen LogP contribution in [0.25, 0.3) is 88.8 Å². The average molecular weight is 1070 g/mol. The van der Waals surface area contributed by atoms with Crippen molar-refractivity contribution in [3.8, 4) is 33.6 Å². The van der Waals surface area contributed by atoms with Gasteiger partial charge >= 0.3 is 0 Å². The van der Waals surface area contributed by atoms with Crippen LogP contribution in [0.1, 0.15) is 41.3 Å². The van der Waals surface area contributed by atoms with Gasteiger partial charge in [0.15, 0.2) is 0 Å². The van der Waals surface area contributed by atoms with Crippen LogP contribution in [-0.4, -0.2) is 9.13 Å². The van der Waals surface area contributed by atoms with Crippen LogP contribution in [0.5, 0.6) is 0 Å². The summed E-state index contributed by atoms with van der Waals surface area (Å²) in [5.41, 5.74) is 24.6. The van der Waals surface area contributed by atoms with Crippen molar-refractivity contribution in [1.82, 2.24) is 9.13 Å². The van der Waals surface area contributed by atoms with Gasteiger partial charge in [-0.05, 0) is 204 Å². The second-order valence-corrected chi connectivity index (χ2v) is 21.7. The first-order chi connectivity index (χ1) is 40.9. The van der Waals surface area contributed by atoms with Gasteiger partial charge in [-0.2, -0.15) is 0 Å². The number of nitrogens with zero attached hydrogens (tertiary/aromatic N) is 4. The van der Waals surface area contributed by atoms with Crippen LogP contribution < -0.4 is 9.80 Å². The predicted molar refractivity (Wildman–Crippen MR) is 354 cm³/mol. The third-order valence-electron chi connectivity index (χ3n) is 16.8. The minimum absolute atomic E-state index is 0.838. The third-order valence-corrected chi connectivity index (χ3v) is 16.8. The van der Waals surface area contributed by atoms with E-state index in [4.69, 9.17) is 0 Å². The highest BCUT2D eigenvalue weighted by molar-refractivity contribution is 6.15. The summed E-state index contributed by atoms with van der Waals surface area (Å²) in [6.45, 7) is 10.7. The lowest BCUT2D eigenvalue weighted by molar-refractivity contribution is 0.838. The molecule has 0 bridgehead atoms. The minimum atomic E-state index is 0.838. The standard InChI is InChI=1S/C79H62N4/c1-5-7-25-56(6-2)57-37-41-65(42-38-57)80(61-26-12-8-13-27-61)67-47-60(48-68(51-67)81(62-28-14-9-15-29-62)66-43-46-78-74(52-66)71-35-22-23-36-76(71)82(78)63-30-16-10-17-31-63)58-40-45-77-73(49-58)75-53-72-55(4)70(69-34-21-20-24-54(69)3)44-39-59(72)50-79(75)83(77)64-32-18-11-19-33-64/h5-42,44-45,47-53H,2,43,46H2,1,3-4H3/b7-5-,56-25+. The summed E-state index contributed by atoms with van der Waals surface area (Å²) in [4.78, 5) is 4.92. The van der Waals surface area contributed by atoms with Crippen LogP contribution in [0.15, 0.2) is 291 Å². The molecule has 0 aliphatic heterocycles. The Balaban J connectivity index is 1.02. The maximum atomic E-state index is 4.18. The Morgan fingerprint density at radius 1 is 0.446 bits per heavy atom. The number of aryl methyl sites for hydroxylation is 2. The topological polar surface area (TPSA) is 16.3 Å². The van der Waals surface area contributed by atoms with Gasteiger partial charge in [0, 0.05) is 72.9 Å². The number of fused-ring (bicyclic) bond motifs is 7. The minimum Gasteiger partial charge on any atom is -0.314 e. The molecule has 0 saturated heterocycles. The van der Waals surface area contributed by atoms with Gasteiger partial charge in [-0.25, -0.2) is 0 Å². The molecule has 13 aromatic rings. The second kappa shape index (κ2) is 21.6. The zero-order valence-corrected chi connectivity index (χ0v) is 47.0. The van der Waals surface area contributed by atoms with Gasteiger partial charge in [-0.1, -0.05) is 176 Å². The lowest BCUT2D eigenvalue weighted by Crippen LogP contribution is -2.20. The van der Waals surface area contributed by atoms with E-state index in [1.807, 2.05) is 19.1 Å². The zero-order chi connectivity index (χ0) is 56.0. The number of anilines is 5. The maximum Gasteiger partial charge on any atom is 0.0547 e. The van der Waals surface area contributed by atoms with Crippen LogP contribution in [0.2, 0.25) is 0 Å². The molecule has 0 atom stereocenters. The smallest absolute Gasteiger partial charge is 0.0547 e. The van der Waals surface area contributed by atoms with E-state index in [0.29, 0.717) is 0 Å². The summed E-state index contributed by atoms with van der Waals surface area (Å²) >= 11 is 0. The number of allylic oxidation sites excluding steroid dienone is 6. The van der Waals surface area contributed by atoms with Crippen molar-refractivity contribution < 1.29 is 0 Å². The van der Waals surface area contributed by atoms with Crippen molar-refractivity contribution >= 4 is 83.6 Å². The molecular weight excluding hydrogens is 1000 g/mol. The molecule has 4 nitrogen and oxygen atoms in total. The van der Waals surface area contributed by atoms with Gasteiger partial charge in [0.25, 0.3) is 0 Å². The molecule has 2 aromatic heterocycles. The number of benzene rings is 11. The fraction of sp³-hybridized carbons (Fsp3) is 0.0633. The molecule has 0 amide bonds. The average Bonchev–Trinajstić information content (AvgIpc) is 3.56. The Morgan fingerprint density at radius 2 is 1.05 bits per heavy atom. The van der Waals surface area contributed by atoms with Crippen molar-refractivity contribution in [2.75, 3.05) is 9.80 Å². The van der Waals surface area contributed by atoms with Crippen LogP contribution >= 0.6 is 0 Å². The van der Waals surface area contributed by atoms with Crippen LogP contribution in [0, 0.1) is 13.8 Å². The van der Waals surface area contributed by atoms with Crippen LogP contribution in [0.3, 0.4) is 0 Å². The van der Waals surface area contributed by atoms with Gasteiger partial charge < -0.3 is 18.9 Å². The van der Waals surface area contributed by atoms with Crippen LogP contribution in [0.4, 0.5) is 28.4 Å². The second-order valence-electron chi connectivity index (χ2n) is 21.7. The molecule has 2 heterocycles. The Bertz CT molecular complexity index is 4690. The van der Waals surface area contributed by atoms with Crippen molar-refractivity contribution in [3.63, 3.8) is 0 Å². The molecule has 1 aliphatic carbocycles. The zero-order valence-electron chi connectivity index (χ0n) is 47.0. The van der Waals surface area contributed by atoms with Crippen molar-refractivity contribution in [1.29, 1.82) is 0 Å². The molecule has 1 aliphatic rings. The van der Waals surface area contributed by atoms with E-state index >= 15 is 0 Å². The normalized spacial score (nSPS) is 12.6. The van der Waals surface area contributed by atoms with Crippen molar-refractivity contribution in [2.45, 2.75) is 33.6 Å². The molecule has 0 N–H and O–H groups in total. The fourth-order valence-electron chi connectivity index (χ4n) is 12.8. The Kier molecular flexibility index (Phi) is 13.2. The van der Waals surface area contributed by atoms with Gasteiger partial charge in [0.05, 0.1) is 16.6 Å². The number of hydrogen-bond acceptors (Lipinski definition) is 2. The summed E-state index contributed by atoms with van der Waals surface area (Å²) in [6.07, 6.45) is 12.3. The molecule has 4 heteroatoms. The summed E-state index contributed by atoms with van der Waals surface area (Å²) in [5.74, 6) is 0. The number of rotatable bonds is 13. The summed E-state index contributed by atoms with van der Waals surface area (Å²) in [6, 6.07) is 93.7. The molecule has 0 unspecified atom stereocenters. The predicted octanol–water partition coefficient (Wildman–Crippen LogP) is 21.6. The first-order valence-corrected chi connectivity index (χ1v) is 28.9. The lowest BCUT2D eigenvalue weighted by Gasteiger charge is -2.33. The molecule has 11 aromatic carbocycles. The quantitative estimate of drug-likeness (QED) is 0.107. The molecule has 83 heavy (non-hydrogen) atoms. The number of hydrogen-bond donors (Lipinski definition) is 0. The van der Waals surface area contributed by atoms with E-state index in [0.717, 1.165) is 74.7 Å².